The number of epoxide rings is 1. The fourth-order valence-electron chi connectivity index (χ4n) is 0.881. The topological polar surface area (TPSA) is 36.3 Å². The first-order valence-corrected chi connectivity index (χ1v) is 3.43. The van der Waals surface area contributed by atoms with Gasteiger partial charge in [0.2, 0.25) is 0 Å². The van der Waals surface area contributed by atoms with Gasteiger partial charge in [-0.25, -0.2) is 0 Å². The molecule has 1 rings (SSSR count). The van der Waals surface area contributed by atoms with Gasteiger partial charge in [0.1, 0.15) is 0 Å². The molecular formula is C7H11NO. The summed E-state index contributed by atoms with van der Waals surface area (Å²) in [5.74, 6) is 0. The highest BCUT2D eigenvalue weighted by atomic mass is 16.6. The molecule has 0 N–H and O–H groups in total. The lowest BCUT2D eigenvalue weighted by molar-refractivity contribution is 0.376. The largest absolute Gasteiger partial charge is 0.353 e. The summed E-state index contributed by atoms with van der Waals surface area (Å²) in [6, 6.07) is 2.08. The van der Waals surface area contributed by atoms with E-state index in [0.29, 0.717) is 0 Å². The van der Waals surface area contributed by atoms with Crippen LogP contribution in [0.25, 0.3) is 0 Å². The molecule has 2 heteroatoms. The number of hydrogen-bond acceptors (Lipinski definition) is 2. The monoisotopic (exact) mass is 125 g/mol. The first-order chi connectivity index (χ1) is 4.38. The van der Waals surface area contributed by atoms with Gasteiger partial charge in [0.15, 0.2) is 6.10 Å². The molecule has 0 spiro atoms. The lowest BCUT2D eigenvalue weighted by Gasteiger charge is -1.87. The molecule has 0 aromatic carbocycles. The third kappa shape index (κ3) is 1.69. The minimum atomic E-state index is -0.0726. The van der Waals surface area contributed by atoms with E-state index in [4.69, 9.17) is 10.00 Å². The minimum absolute atomic E-state index is 0.0726. The Bertz CT molecular complexity index is 127. The summed E-state index contributed by atoms with van der Waals surface area (Å²) in [5, 5.41) is 8.30. The van der Waals surface area contributed by atoms with Crippen molar-refractivity contribution >= 4 is 0 Å². The van der Waals surface area contributed by atoms with Gasteiger partial charge < -0.3 is 4.74 Å². The van der Waals surface area contributed by atoms with Crippen LogP contribution in [0.3, 0.4) is 0 Å². The highest BCUT2D eigenvalue weighted by molar-refractivity contribution is 5.01. The molecule has 2 unspecified atom stereocenters. The van der Waals surface area contributed by atoms with Crippen LogP contribution in [-0.4, -0.2) is 12.2 Å². The Balaban J connectivity index is 2.00. The molecule has 1 fully saturated rings. The van der Waals surface area contributed by atoms with Gasteiger partial charge in [-0.15, -0.1) is 0 Å². The summed E-state index contributed by atoms with van der Waals surface area (Å²) in [7, 11) is 0. The van der Waals surface area contributed by atoms with Crippen molar-refractivity contribution in [1.82, 2.24) is 0 Å². The molecule has 0 aliphatic carbocycles. The molecule has 1 saturated heterocycles. The molecule has 1 heterocycles. The average Bonchev–Trinajstić information content (AvgIpc) is 2.62. The Morgan fingerprint density at radius 3 is 2.89 bits per heavy atom. The number of ether oxygens (including phenoxy) is 1. The van der Waals surface area contributed by atoms with Crippen LogP contribution in [0.15, 0.2) is 0 Å². The third-order valence-electron chi connectivity index (χ3n) is 1.55. The minimum Gasteiger partial charge on any atom is -0.353 e. The number of unbranched alkanes of at least 4 members (excludes halogenated alkanes) is 1. The van der Waals surface area contributed by atoms with Crippen LogP contribution in [-0.2, 0) is 4.74 Å². The average molecular weight is 125 g/mol. The van der Waals surface area contributed by atoms with E-state index < -0.39 is 0 Å². The van der Waals surface area contributed by atoms with E-state index in [0.717, 1.165) is 6.42 Å². The zero-order chi connectivity index (χ0) is 6.69. The SMILES string of the molecule is CCCCC1OC1C#N. The fraction of sp³-hybridized carbons (Fsp3) is 0.857. The Morgan fingerprint density at radius 1 is 1.67 bits per heavy atom. The van der Waals surface area contributed by atoms with Crippen molar-refractivity contribution in [2.75, 3.05) is 0 Å². The second kappa shape index (κ2) is 2.84. The molecule has 0 saturated carbocycles. The van der Waals surface area contributed by atoms with Crippen LogP contribution in [0.4, 0.5) is 0 Å². The maximum atomic E-state index is 8.30. The second-order valence-electron chi connectivity index (χ2n) is 2.37. The molecule has 1 aliphatic heterocycles. The maximum absolute atomic E-state index is 8.30. The summed E-state index contributed by atoms with van der Waals surface area (Å²) in [6.07, 6.45) is 3.64. The molecular weight excluding hydrogens is 114 g/mol. The van der Waals surface area contributed by atoms with Crippen molar-refractivity contribution in [1.29, 1.82) is 5.26 Å². The van der Waals surface area contributed by atoms with Crippen molar-refractivity contribution < 1.29 is 4.74 Å². The highest BCUT2D eigenvalue weighted by Crippen LogP contribution is 2.25. The van der Waals surface area contributed by atoms with E-state index in [1.807, 2.05) is 0 Å². The predicted molar refractivity (Wildman–Crippen MR) is 33.8 cm³/mol. The van der Waals surface area contributed by atoms with Crippen molar-refractivity contribution in [3.8, 4) is 6.07 Å². The van der Waals surface area contributed by atoms with Gasteiger partial charge in [-0.3, -0.25) is 0 Å². The van der Waals surface area contributed by atoms with Crippen LogP contribution in [0.5, 0.6) is 0 Å². The van der Waals surface area contributed by atoms with Crippen molar-refractivity contribution in [3.05, 3.63) is 0 Å². The van der Waals surface area contributed by atoms with Gasteiger partial charge in [0.05, 0.1) is 12.2 Å². The normalized spacial score (nSPS) is 31.6. The number of nitrogens with zero attached hydrogens (tertiary/aromatic N) is 1. The molecule has 2 nitrogen and oxygen atoms in total. The fourth-order valence-corrected chi connectivity index (χ4v) is 0.881. The van der Waals surface area contributed by atoms with E-state index in [2.05, 4.69) is 13.0 Å². The Morgan fingerprint density at radius 2 is 2.44 bits per heavy atom. The number of nitriles is 1. The number of rotatable bonds is 3. The van der Waals surface area contributed by atoms with Gasteiger partial charge in [0.25, 0.3) is 0 Å². The summed E-state index contributed by atoms with van der Waals surface area (Å²) < 4.78 is 5.01. The maximum Gasteiger partial charge on any atom is 0.170 e. The molecule has 50 valence electrons. The van der Waals surface area contributed by atoms with Crippen molar-refractivity contribution in [3.63, 3.8) is 0 Å². The van der Waals surface area contributed by atoms with Gasteiger partial charge in [-0.2, -0.15) is 5.26 Å². The molecule has 1 aliphatic rings. The lowest BCUT2D eigenvalue weighted by atomic mass is 10.2. The number of hydrogen-bond donors (Lipinski definition) is 0. The standard InChI is InChI=1S/C7H11NO/c1-2-3-4-6-7(5-8)9-6/h6-7H,2-4H2,1H3. The van der Waals surface area contributed by atoms with Crippen LogP contribution < -0.4 is 0 Å². The van der Waals surface area contributed by atoms with Gasteiger partial charge in [-0.1, -0.05) is 19.8 Å². The lowest BCUT2D eigenvalue weighted by Crippen LogP contribution is -1.89. The Hall–Kier alpha value is -0.550. The van der Waals surface area contributed by atoms with Crippen LogP contribution in [0, 0.1) is 11.3 Å². The van der Waals surface area contributed by atoms with Gasteiger partial charge in [0, 0.05) is 0 Å². The van der Waals surface area contributed by atoms with Gasteiger partial charge in [-0.05, 0) is 6.42 Å². The van der Waals surface area contributed by atoms with Crippen LogP contribution >= 0.6 is 0 Å². The second-order valence-corrected chi connectivity index (χ2v) is 2.37. The molecule has 0 amide bonds. The summed E-state index contributed by atoms with van der Waals surface area (Å²) >= 11 is 0. The third-order valence-corrected chi connectivity index (χ3v) is 1.55. The van der Waals surface area contributed by atoms with E-state index in [-0.39, 0.29) is 12.2 Å². The Labute approximate surface area is 55.4 Å². The first-order valence-electron chi connectivity index (χ1n) is 3.43. The van der Waals surface area contributed by atoms with E-state index >= 15 is 0 Å². The molecule has 2 atom stereocenters. The zero-order valence-corrected chi connectivity index (χ0v) is 5.63. The predicted octanol–water partition coefficient (Wildman–Crippen LogP) is 1.47. The van der Waals surface area contributed by atoms with E-state index in [9.17, 15) is 0 Å². The molecule has 0 radical (unpaired) electrons. The smallest absolute Gasteiger partial charge is 0.170 e. The molecule has 0 aromatic rings. The summed E-state index contributed by atoms with van der Waals surface area (Å²) in [5.41, 5.74) is 0. The first kappa shape index (κ1) is 6.57. The van der Waals surface area contributed by atoms with E-state index in [1.165, 1.54) is 12.8 Å². The zero-order valence-electron chi connectivity index (χ0n) is 5.63. The molecule has 0 bridgehead atoms. The Kier molecular flexibility index (Phi) is 2.07. The van der Waals surface area contributed by atoms with E-state index in [1.54, 1.807) is 0 Å². The quantitative estimate of drug-likeness (QED) is 0.535. The van der Waals surface area contributed by atoms with Gasteiger partial charge >= 0.3 is 0 Å². The van der Waals surface area contributed by atoms with Crippen LogP contribution in [0.2, 0.25) is 0 Å². The summed E-state index contributed by atoms with van der Waals surface area (Å²) in [6.45, 7) is 2.14. The molecule has 9 heavy (non-hydrogen) atoms. The molecule has 0 aromatic heterocycles. The van der Waals surface area contributed by atoms with Crippen LogP contribution in [0.1, 0.15) is 26.2 Å². The van der Waals surface area contributed by atoms with Crippen molar-refractivity contribution in [2.24, 2.45) is 0 Å². The summed E-state index contributed by atoms with van der Waals surface area (Å²) in [4.78, 5) is 0. The highest BCUT2D eigenvalue weighted by Gasteiger charge is 2.37. The van der Waals surface area contributed by atoms with Crippen molar-refractivity contribution in [2.45, 2.75) is 38.4 Å².